The van der Waals surface area contributed by atoms with Crippen LogP contribution in [0.15, 0.2) is 46.9 Å². The minimum Gasteiger partial charge on any atom is -0.398 e. The standard InChI is InChI=1S/C14H13BrN2O/c1-9-2-5-11(6-3-9)17-14(18)10-4-7-13(16)12(15)8-10/h2-8H,16H2,1H3,(H,17,18). The number of nitrogens with one attached hydrogen (secondary N) is 1. The molecule has 0 aromatic heterocycles. The van der Waals surface area contributed by atoms with E-state index in [9.17, 15) is 4.79 Å². The lowest BCUT2D eigenvalue weighted by atomic mass is 10.2. The van der Waals surface area contributed by atoms with Gasteiger partial charge in [0.2, 0.25) is 0 Å². The number of halogens is 1. The third-order valence-corrected chi connectivity index (χ3v) is 3.26. The molecule has 0 fully saturated rings. The van der Waals surface area contributed by atoms with Crippen molar-refractivity contribution in [3.63, 3.8) is 0 Å². The number of anilines is 2. The van der Waals surface area contributed by atoms with Gasteiger partial charge in [0.1, 0.15) is 0 Å². The third-order valence-electron chi connectivity index (χ3n) is 2.57. The van der Waals surface area contributed by atoms with Gasteiger partial charge in [0, 0.05) is 21.4 Å². The molecular weight excluding hydrogens is 292 g/mol. The van der Waals surface area contributed by atoms with E-state index in [0.717, 1.165) is 15.7 Å². The van der Waals surface area contributed by atoms with Crippen LogP contribution in [0.25, 0.3) is 0 Å². The molecule has 2 aromatic rings. The molecule has 4 heteroatoms. The minimum atomic E-state index is -0.153. The van der Waals surface area contributed by atoms with Gasteiger partial charge in [0.05, 0.1) is 0 Å². The highest BCUT2D eigenvalue weighted by Gasteiger charge is 2.07. The smallest absolute Gasteiger partial charge is 0.255 e. The number of carbonyl (C=O) groups excluding carboxylic acids is 1. The first-order chi connectivity index (χ1) is 8.56. The van der Waals surface area contributed by atoms with E-state index in [1.54, 1.807) is 18.2 Å². The van der Waals surface area contributed by atoms with Crippen LogP contribution in [-0.2, 0) is 0 Å². The second-order valence-electron chi connectivity index (χ2n) is 4.06. The molecule has 92 valence electrons. The number of aryl methyl sites for hydroxylation is 1. The second kappa shape index (κ2) is 5.23. The molecule has 0 unspecified atom stereocenters. The lowest BCUT2D eigenvalue weighted by Gasteiger charge is -2.06. The summed E-state index contributed by atoms with van der Waals surface area (Å²) in [6.07, 6.45) is 0. The fraction of sp³-hybridized carbons (Fsp3) is 0.0714. The van der Waals surface area contributed by atoms with E-state index in [4.69, 9.17) is 5.73 Å². The van der Waals surface area contributed by atoms with Gasteiger partial charge < -0.3 is 11.1 Å². The highest BCUT2D eigenvalue weighted by Crippen LogP contribution is 2.21. The lowest BCUT2D eigenvalue weighted by Crippen LogP contribution is -2.11. The van der Waals surface area contributed by atoms with Crippen LogP contribution in [0.1, 0.15) is 15.9 Å². The zero-order valence-electron chi connectivity index (χ0n) is 9.91. The van der Waals surface area contributed by atoms with Crippen LogP contribution >= 0.6 is 15.9 Å². The van der Waals surface area contributed by atoms with Crippen molar-refractivity contribution < 1.29 is 4.79 Å². The van der Waals surface area contributed by atoms with Gasteiger partial charge in [-0.15, -0.1) is 0 Å². The zero-order chi connectivity index (χ0) is 13.1. The molecule has 2 aromatic carbocycles. The first kappa shape index (κ1) is 12.6. The Bertz CT molecular complexity index is 579. The Kier molecular flexibility index (Phi) is 3.67. The van der Waals surface area contributed by atoms with Crippen LogP contribution in [0.5, 0.6) is 0 Å². The molecule has 0 saturated heterocycles. The number of rotatable bonds is 2. The van der Waals surface area contributed by atoms with E-state index >= 15 is 0 Å². The molecule has 18 heavy (non-hydrogen) atoms. The zero-order valence-corrected chi connectivity index (χ0v) is 11.5. The Morgan fingerprint density at radius 2 is 1.83 bits per heavy atom. The molecule has 0 saturated carbocycles. The highest BCUT2D eigenvalue weighted by atomic mass is 79.9. The Hall–Kier alpha value is -1.81. The quantitative estimate of drug-likeness (QED) is 0.833. The molecule has 0 aliphatic rings. The predicted molar refractivity (Wildman–Crippen MR) is 77.7 cm³/mol. The topological polar surface area (TPSA) is 55.1 Å². The summed E-state index contributed by atoms with van der Waals surface area (Å²) >= 11 is 3.30. The summed E-state index contributed by atoms with van der Waals surface area (Å²) in [5, 5.41) is 2.83. The van der Waals surface area contributed by atoms with E-state index < -0.39 is 0 Å². The maximum Gasteiger partial charge on any atom is 0.255 e. The van der Waals surface area contributed by atoms with Gasteiger partial charge in [-0.05, 0) is 53.2 Å². The van der Waals surface area contributed by atoms with Crippen LogP contribution in [0.2, 0.25) is 0 Å². The van der Waals surface area contributed by atoms with Crippen molar-refractivity contribution in [2.75, 3.05) is 11.1 Å². The number of nitrogens with two attached hydrogens (primary N) is 1. The molecule has 0 aliphatic heterocycles. The number of nitrogen functional groups attached to an aromatic ring is 1. The van der Waals surface area contributed by atoms with E-state index in [0.29, 0.717) is 11.3 Å². The van der Waals surface area contributed by atoms with Gasteiger partial charge in [0.15, 0.2) is 0 Å². The highest BCUT2D eigenvalue weighted by molar-refractivity contribution is 9.10. The SMILES string of the molecule is Cc1ccc(NC(=O)c2ccc(N)c(Br)c2)cc1. The lowest BCUT2D eigenvalue weighted by molar-refractivity contribution is 0.102. The van der Waals surface area contributed by atoms with Crippen molar-refractivity contribution in [1.82, 2.24) is 0 Å². The third kappa shape index (κ3) is 2.90. The summed E-state index contributed by atoms with van der Waals surface area (Å²) in [6, 6.07) is 12.8. The molecule has 0 heterocycles. The average molecular weight is 305 g/mol. The largest absolute Gasteiger partial charge is 0.398 e. The van der Waals surface area contributed by atoms with Crippen molar-refractivity contribution in [1.29, 1.82) is 0 Å². The van der Waals surface area contributed by atoms with Crippen molar-refractivity contribution >= 4 is 33.2 Å². The first-order valence-electron chi connectivity index (χ1n) is 5.49. The molecule has 0 atom stereocenters. The fourth-order valence-corrected chi connectivity index (χ4v) is 1.89. The molecule has 0 radical (unpaired) electrons. The summed E-state index contributed by atoms with van der Waals surface area (Å²) in [7, 11) is 0. The molecule has 3 N–H and O–H groups in total. The van der Waals surface area contributed by atoms with Crippen molar-refractivity contribution in [3.05, 3.63) is 58.1 Å². The Labute approximate surface area is 114 Å². The number of hydrogen-bond acceptors (Lipinski definition) is 2. The fourth-order valence-electron chi connectivity index (χ4n) is 1.51. The molecule has 3 nitrogen and oxygen atoms in total. The van der Waals surface area contributed by atoms with Crippen molar-refractivity contribution in [3.8, 4) is 0 Å². The van der Waals surface area contributed by atoms with E-state index in [1.807, 2.05) is 31.2 Å². The van der Waals surface area contributed by atoms with Gasteiger partial charge in [0.25, 0.3) is 5.91 Å². The van der Waals surface area contributed by atoms with Crippen LogP contribution < -0.4 is 11.1 Å². The monoisotopic (exact) mass is 304 g/mol. The summed E-state index contributed by atoms with van der Waals surface area (Å²) in [4.78, 5) is 12.0. The van der Waals surface area contributed by atoms with E-state index in [-0.39, 0.29) is 5.91 Å². The molecular formula is C14H13BrN2O. The van der Waals surface area contributed by atoms with Crippen molar-refractivity contribution in [2.45, 2.75) is 6.92 Å². The Morgan fingerprint density at radius 3 is 2.44 bits per heavy atom. The van der Waals surface area contributed by atoms with Crippen molar-refractivity contribution in [2.24, 2.45) is 0 Å². The van der Waals surface area contributed by atoms with Crippen LogP contribution in [0, 0.1) is 6.92 Å². The van der Waals surface area contributed by atoms with Gasteiger partial charge >= 0.3 is 0 Å². The number of hydrogen-bond donors (Lipinski definition) is 2. The van der Waals surface area contributed by atoms with Gasteiger partial charge in [-0.25, -0.2) is 0 Å². The van der Waals surface area contributed by atoms with Gasteiger partial charge in [-0.2, -0.15) is 0 Å². The molecule has 0 spiro atoms. The normalized spacial score (nSPS) is 10.1. The number of benzene rings is 2. The van der Waals surface area contributed by atoms with Gasteiger partial charge in [-0.3, -0.25) is 4.79 Å². The Morgan fingerprint density at radius 1 is 1.17 bits per heavy atom. The minimum absolute atomic E-state index is 0.153. The summed E-state index contributed by atoms with van der Waals surface area (Å²) < 4.78 is 0.721. The van der Waals surface area contributed by atoms with E-state index in [2.05, 4.69) is 21.2 Å². The second-order valence-corrected chi connectivity index (χ2v) is 4.91. The number of carbonyl (C=O) groups is 1. The predicted octanol–water partition coefficient (Wildman–Crippen LogP) is 3.59. The Balaban J connectivity index is 2.16. The van der Waals surface area contributed by atoms with Crippen LogP contribution in [0.4, 0.5) is 11.4 Å². The summed E-state index contributed by atoms with van der Waals surface area (Å²) in [5.41, 5.74) is 8.79. The molecule has 0 bridgehead atoms. The van der Waals surface area contributed by atoms with Crippen LogP contribution in [-0.4, -0.2) is 5.91 Å². The maximum absolute atomic E-state index is 12.0. The van der Waals surface area contributed by atoms with E-state index in [1.165, 1.54) is 0 Å². The maximum atomic E-state index is 12.0. The first-order valence-corrected chi connectivity index (χ1v) is 6.28. The molecule has 0 aliphatic carbocycles. The van der Waals surface area contributed by atoms with Gasteiger partial charge in [-0.1, -0.05) is 17.7 Å². The average Bonchev–Trinajstić information content (AvgIpc) is 2.35. The molecule has 2 rings (SSSR count). The number of amides is 1. The molecule has 1 amide bonds. The summed E-state index contributed by atoms with van der Waals surface area (Å²) in [6.45, 7) is 2.00. The summed E-state index contributed by atoms with van der Waals surface area (Å²) in [5.74, 6) is -0.153. The van der Waals surface area contributed by atoms with Crippen LogP contribution in [0.3, 0.4) is 0 Å².